The van der Waals surface area contributed by atoms with Crippen LogP contribution in [0.25, 0.3) is 0 Å². The fourth-order valence-electron chi connectivity index (χ4n) is 2.77. The lowest BCUT2D eigenvalue weighted by atomic mass is 9.94. The monoisotopic (exact) mass is 280 g/mol. The van der Waals surface area contributed by atoms with Crippen LogP contribution >= 0.6 is 0 Å². The number of aromatic nitrogens is 2. The SMILES string of the molecule is COC(=O)c1nc(C)n(CCC2CCN(C)CC2)c1N. The van der Waals surface area contributed by atoms with Gasteiger partial charge < -0.3 is 19.9 Å². The first-order valence-electron chi connectivity index (χ1n) is 7.12. The summed E-state index contributed by atoms with van der Waals surface area (Å²) in [6.07, 6.45) is 3.54. The van der Waals surface area contributed by atoms with Crippen molar-refractivity contribution in [2.24, 2.45) is 5.92 Å². The van der Waals surface area contributed by atoms with Crippen molar-refractivity contribution in [3.05, 3.63) is 11.5 Å². The number of methoxy groups -OCH3 is 1. The Balaban J connectivity index is 1.99. The van der Waals surface area contributed by atoms with E-state index >= 15 is 0 Å². The number of hydrogen-bond acceptors (Lipinski definition) is 5. The molecule has 0 saturated carbocycles. The van der Waals surface area contributed by atoms with Gasteiger partial charge in [0.25, 0.3) is 0 Å². The molecule has 1 saturated heterocycles. The third-order valence-corrected chi connectivity index (χ3v) is 4.18. The van der Waals surface area contributed by atoms with E-state index in [1.165, 1.54) is 20.0 Å². The third kappa shape index (κ3) is 3.12. The highest BCUT2D eigenvalue weighted by Gasteiger charge is 2.21. The fraction of sp³-hybridized carbons (Fsp3) is 0.714. The number of rotatable bonds is 4. The van der Waals surface area contributed by atoms with Crippen molar-refractivity contribution in [1.29, 1.82) is 0 Å². The molecule has 0 amide bonds. The Morgan fingerprint density at radius 3 is 2.70 bits per heavy atom. The molecule has 6 heteroatoms. The normalized spacial score (nSPS) is 17.4. The van der Waals surface area contributed by atoms with Crippen LogP contribution in [0.15, 0.2) is 0 Å². The van der Waals surface area contributed by atoms with Crippen LogP contribution in [-0.4, -0.2) is 47.7 Å². The molecule has 20 heavy (non-hydrogen) atoms. The molecule has 1 aromatic heterocycles. The minimum atomic E-state index is -0.469. The molecule has 0 aliphatic carbocycles. The summed E-state index contributed by atoms with van der Waals surface area (Å²) in [5.74, 6) is 1.45. The predicted octanol–water partition coefficient (Wildman–Crippen LogP) is 1.29. The Kier molecular flexibility index (Phi) is 4.65. The molecular formula is C14H24N4O2. The molecule has 6 nitrogen and oxygen atoms in total. The van der Waals surface area contributed by atoms with Crippen molar-refractivity contribution in [1.82, 2.24) is 14.5 Å². The number of anilines is 1. The Bertz CT molecular complexity index is 476. The number of carbonyl (C=O) groups excluding carboxylic acids is 1. The van der Waals surface area contributed by atoms with Crippen molar-refractivity contribution in [2.75, 3.05) is 33.0 Å². The van der Waals surface area contributed by atoms with Crippen molar-refractivity contribution in [3.8, 4) is 0 Å². The fourth-order valence-corrected chi connectivity index (χ4v) is 2.77. The molecule has 0 unspecified atom stereocenters. The number of imidazole rings is 1. The first kappa shape index (κ1) is 14.8. The zero-order valence-corrected chi connectivity index (χ0v) is 12.6. The average Bonchev–Trinajstić information content (AvgIpc) is 2.73. The molecule has 0 spiro atoms. The molecule has 0 aromatic carbocycles. The summed E-state index contributed by atoms with van der Waals surface area (Å²) in [5, 5.41) is 0. The van der Waals surface area contributed by atoms with Gasteiger partial charge in [-0.15, -0.1) is 0 Å². The van der Waals surface area contributed by atoms with Crippen LogP contribution < -0.4 is 5.73 Å². The van der Waals surface area contributed by atoms with E-state index < -0.39 is 5.97 Å². The summed E-state index contributed by atoms with van der Waals surface area (Å²) in [7, 11) is 3.51. The number of esters is 1. The van der Waals surface area contributed by atoms with Crippen molar-refractivity contribution < 1.29 is 9.53 Å². The van der Waals surface area contributed by atoms with Crippen LogP contribution in [0.2, 0.25) is 0 Å². The summed E-state index contributed by atoms with van der Waals surface area (Å²) in [5.41, 5.74) is 6.24. The van der Waals surface area contributed by atoms with Gasteiger partial charge in [-0.3, -0.25) is 0 Å². The van der Waals surface area contributed by atoms with Crippen LogP contribution in [0.5, 0.6) is 0 Å². The van der Waals surface area contributed by atoms with E-state index in [-0.39, 0.29) is 5.69 Å². The molecule has 0 bridgehead atoms. The van der Waals surface area contributed by atoms with Crippen LogP contribution in [0.4, 0.5) is 5.82 Å². The highest BCUT2D eigenvalue weighted by molar-refractivity contribution is 5.92. The topological polar surface area (TPSA) is 73.4 Å². The standard InChI is InChI=1S/C14H24N4O2/c1-10-16-12(14(19)20-3)13(15)18(10)9-6-11-4-7-17(2)8-5-11/h11H,4-9,15H2,1-3H3. The lowest BCUT2D eigenvalue weighted by Crippen LogP contribution is -2.30. The third-order valence-electron chi connectivity index (χ3n) is 4.18. The van der Waals surface area contributed by atoms with Crippen molar-refractivity contribution >= 4 is 11.8 Å². The van der Waals surface area contributed by atoms with Crippen LogP contribution in [0.1, 0.15) is 35.6 Å². The number of nitrogen functional groups attached to an aromatic ring is 1. The van der Waals surface area contributed by atoms with Gasteiger partial charge in [-0.1, -0.05) is 0 Å². The first-order valence-corrected chi connectivity index (χ1v) is 7.12. The lowest BCUT2D eigenvalue weighted by Gasteiger charge is -2.29. The molecule has 1 aromatic rings. The number of carbonyl (C=O) groups is 1. The van der Waals surface area contributed by atoms with E-state index in [9.17, 15) is 4.79 Å². The molecule has 2 heterocycles. The van der Waals surface area contributed by atoms with Gasteiger partial charge in [0, 0.05) is 6.54 Å². The Labute approximate surface area is 119 Å². The molecule has 1 aliphatic heterocycles. The maximum atomic E-state index is 11.6. The second kappa shape index (κ2) is 6.26. The van der Waals surface area contributed by atoms with Gasteiger partial charge in [-0.05, 0) is 52.2 Å². The van der Waals surface area contributed by atoms with Crippen molar-refractivity contribution in [3.63, 3.8) is 0 Å². The number of piperidine rings is 1. The second-order valence-electron chi connectivity index (χ2n) is 5.57. The van der Waals surface area contributed by atoms with Gasteiger partial charge >= 0.3 is 5.97 Å². The molecule has 2 N–H and O–H groups in total. The maximum Gasteiger partial charge on any atom is 0.360 e. The second-order valence-corrected chi connectivity index (χ2v) is 5.57. The minimum Gasteiger partial charge on any atom is -0.464 e. The van der Waals surface area contributed by atoms with E-state index in [1.807, 2.05) is 11.5 Å². The lowest BCUT2D eigenvalue weighted by molar-refractivity contribution is 0.0595. The quantitative estimate of drug-likeness (QED) is 0.841. The molecule has 0 atom stereocenters. The highest BCUT2D eigenvalue weighted by atomic mass is 16.5. The van der Waals surface area contributed by atoms with Gasteiger partial charge in [-0.2, -0.15) is 0 Å². The van der Waals surface area contributed by atoms with E-state index in [2.05, 4.69) is 16.9 Å². The van der Waals surface area contributed by atoms with E-state index in [0.29, 0.717) is 5.82 Å². The minimum absolute atomic E-state index is 0.230. The molecule has 1 aliphatic rings. The number of hydrogen-bond donors (Lipinski definition) is 1. The predicted molar refractivity (Wildman–Crippen MR) is 77.6 cm³/mol. The number of likely N-dealkylation sites (tertiary alicyclic amines) is 1. The Morgan fingerprint density at radius 1 is 1.45 bits per heavy atom. The van der Waals surface area contributed by atoms with Gasteiger partial charge in [0.2, 0.25) is 0 Å². The summed E-state index contributed by atoms with van der Waals surface area (Å²) in [4.78, 5) is 18.1. The van der Waals surface area contributed by atoms with Crippen LogP contribution in [0.3, 0.4) is 0 Å². The summed E-state index contributed by atoms with van der Waals surface area (Å²) >= 11 is 0. The zero-order chi connectivity index (χ0) is 14.7. The molecule has 1 fully saturated rings. The van der Waals surface area contributed by atoms with E-state index in [1.54, 1.807) is 0 Å². The van der Waals surface area contributed by atoms with Gasteiger partial charge in [0.05, 0.1) is 7.11 Å². The summed E-state index contributed by atoms with van der Waals surface area (Å²) in [6, 6.07) is 0. The Morgan fingerprint density at radius 2 is 2.10 bits per heavy atom. The average molecular weight is 280 g/mol. The van der Waals surface area contributed by atoms with Gasteiger partial charge in [-0.25, -0.2) is 9.78 Å². The number of ether oxygens (including phenoxy) is 1. The number of aryl methyl sites for hydroxylation is 1. The van der Waals surface area contributed by atoms with Gasteiger partial charge in [0.15, 0.2) is 5.69 Å². The smallest absolute Gasteiger partial charge is 0.360 e. The van der Waals surface area contributed by atoms with Gasteiger partial charge in [0.1, 0.15) is 11.6 Å². The number of nitrogens with two attached hydrogens (primary N) is 1. The maximum absolute atomic E-state index is 11.6. The summed E-state index contributed by atoms with van der Waals surface area (Å²) < 4.78 is 6.61. The summed E-state index contributed by atoms with van der Waals surface area (Å²) in [6.45, 7) is 5.01. The van der Waals surface area contributed by atoms with E-state index in [0.717, 1.165) is 37.8 Å². The molecule has 112 valence electrons. The van der Waals surface area contributed by atoms with Crippen LogP contribution in [-0.2, 0) is 11.3 Å². The highest BCUT2D eigenvalue weighted by Crippen LogP contribution is 2.22. The molecule has 0 radical (unpaired) electrons. The van der Waals surface area contributed by atoms with Crippen LogP contribution in [0, 0.1) is 12.8 Å². The largest absolute Gasteiger partial charge is 0.464 e. The molecular weight excluding hydrogens is 256 g/mol. The zero-order valence-electron chi connectivity index (χ0n) is 12.6. The first-order chi connectivity index (χ1) is 9.52. The van der Waals surface area contributed by atoms with E-state index in [4.69, 9.17) is 10.5 Å². The van der Waals surface area contributed by atoms with Crippen molar-refractivity contribution in [2.45, 2.75) is 32.7 Å². The molecule has 2 rings (SSSR count). The number of nitrogens with zero attached hydrogens (tertiary/aromatic N) is 3. The Hall–Kier alpha value is -1.56.